The molecule has 0 aromatic heterocycles. The van der Waals surface area contributed by atoms with Crippen molar-refractivity contribution in [1.29, 1.82) is 0 Å². The average molecular weight is 457 g/mol. The van der Waals surface area contributed by atoms with Gasteiger partial charge in [-0.05, 0) is 54.2 Å². The van der Waals surface area contributed by atoms with Gasteiger partial charge >= 0.3 is 0 Å². The molecule has 1 N–H and O–H groups in total. The first-order valence-electron chi connectivity index (χ1n) is 10.9. The van der Waals surface area contributed by atoms with E-state index in [0.29, 0.717) is 0 Å². The highest BCUT2D eigenvalue weighted by atomic mass is 32.2. The largest absolute Gasteiger partial charge is 0.394 e. The second-order valence-electron chi connectivity index (χ2n) is 8.64. The minimum atomic E-state index is -4.01. The number of allylic oxidation sites excluding steroid dienone is 2. The van der Waals surface area contributed by atoms with Crippen LogP contribution in [0.5, 0.6) is 0 Å². The van der Waals surface area contributed by atoms with Crippen molar-refractivity contribution in [2.24, 2.45) is 0 Å². The topological polar surface area (TPSA) is 77.9 Å². The molecule has 2 fully saturated rings. The fourth-order valence-corrected chi connectivity index (χ4v) is 6.72. The summed E-state index contributed by atoms with van der Waals surface area (Å²) in [6.45, 7) is -0.388. The van der Waals surface area contributed by atoms with Gasteiger partial charge in [0.25, 0.3) is 0 Å². The van der Waals surface area contributed by atoms with Crippen molar-refractivity contribution >= 4 is 21.5 Å². The predicted octanol–water partition coefficient (Wildman–Crippen LogP) is 2.75. The Kier molecular flexibility index (Phi) is 5.39. The highest BCUT2D eigenvalue weighted by Gasteiger charge is 2.55. The summed E-state index contributed by atoms with van der Waals surface area (Å²) in [7, 11) is -4.01. The molecular formula is C24H25FN2O4S. The molecule has 5 rings (SSSR count). The van der Waals surface area contributed by atoms with Gasteiger partial charge in [0, 0.05) is 12.5 Å². The van der Waals surface area contributed by atoms with Gasteiger partial charge in [-0.3, -0.25) is 4.79 Å². The van der Waals surface area contributed by atoms with Crippen LogP contribution in [0, 0.1) is 5.82 Å². The number of sulfonamides is 1. The maximum Gasteiger partial charge on any atom is 0.243 e. The van der Waals surface area contributed by atoms with E-state index in [4.69, 9.17) is 0 Å². The molecule has 0 spiro atoms. The van der Waals surface area contributed by atoms with E-state index in [0.717, 1.165) is 28.8 Å². The lowest BCUT2D eigenvalue weighted by atomic mass is 9.74. The van der Waals surface area contributed by atoms with E-state index in [1.54, 1.807) is 4.90 Å². The summed E-state index contributed by atoms with van der Waals surface area (Å²) in [6, 6.07) is 12.3. The van der Waals surface area contributed by atoms with Crippen molar-refractivity contribution in [2.45, 2.75) is 42.2 Å². The van der Waals surface area contributed by atoms with Crippen LogP contribution < -0.4 is 0 Å². The molecular weight excluding hydrogens is 431 g/mol. The number of hydrogen-bond acceptors (Lipinski definition) is 4. The molecule has 6 nitrogen and oxygen atoms in total. The summed E-state index contributed by atoms with van der Waals surface area (Å²) in [5.74, 6) is -1.15. The third-order valence-corrected chi connectivity index (χ3v) is 8.67. The summed E-state index contributed by atoms with van der Waals surface area (Å²) in [5, 5.41) is 9.96. The van der Waals surface area contributed by atoms with Gasteiger partial charge < -0.3 is 10.0 Å². The Morgan fingerprint density at radius 1 is 1.12 bits per heavy atom. The summed E-state index contributed by atoms with van der Waals surface area (Å²) in [4.78, 5) is 14.3. The summed E-state index contributed by atoms with van der Waals surface area (Å²) in [6.07, 6.45) is 5.59. The van der Waals surface area contributed by atoms with E-state index >= 15 is 0 Å². The van der Waals surface area contributed by atoms with Crippen molar-refractivity contribution in [2.75, 3.05) is 19.7 Å². The number of carbonyl (C=O) groups excluding carboxylic acids is 1. The van der Waals surface area contributed by atoms with Gasteiger partial charge in [-0.15, -0.1) is 0 Å². The average Bonchev–Trinajstić information content (AvgIpc) is 3.30. The first-order valence-corrected chi connectivity index (χ1v) is 12.3. The maximum absolute atomic E-state index is 13.6. The third-order valence-electron chi connectivity index (χ3n) is 6.86. The van der Waals surface area contributed by atoms with E-state index in [9.17, 15) is 22.7 Å². The fraction of sp³-hybridized carbons (Fsp3) is 0.375. The lowest BCUT2D eigenvalue weighted by molar-refractivity contribution is -0.158. The quantitative estimate of drug-likeness (QED) is 0.751. The normalized spacial score (nSPS) is 25.9. The van der Waals surface area contributed by atoms with Gasteiger partial charge in [-0.25, -0.2) is 12.8 Å². The second kappa shape index (κ2) is 8.10. The number of rotatable bonds is 5. The van der Waals surface area contributed by atoms with Gasteiger partial charge in [-0.1, -0.05) is 36.4 Å². The number of aliphatic hydroxyl groups is 1. The molecule has 3 aliphatic rings. The van der Waals surface area contributed by atoms with Crippen LogP contribution in [0.4, 0.5) is 4.39 Å². The number of carbonyl (C=O) groups is 1. The van der Waals surface area contributed by atoms with Crippen molar-refractivity contribution in [3.8, 4) is 0 Å². The summed E-state index contributed by atoms with van der Waals surface area (Å²) < 4.78 is 40.9. The van der Waals surface area contributed by atoms with Crippen LogP contribution >= 0.6 is 0 Å². The molecule has 2 aromatic rings. The molecule has 8 heteroatoms. The smallest absolute Gasteiger partial charge is 0.243 e. The summed E-state index contributed by atoms with van der Waals surface area (Å²) in [5.41, 5.74) is 3.49. The molecule has 2 saturated heterocycles. The molecule has 0 saturated carbocycles. The minimum Gasteiger partial charge on any atom is -0.394 e. The van der Waals surface area contributed by atoms with Gasteiger partial charge in [0.05, 0.1) is 30.1 Å². The Labute approximate surface area is 187 Å². The highest BCUT2D eigenvalue weighted by Crippen LogP contribution is 2.44. The molecule has 1 amide bonds. The van der Waals surface area contributed by atoms with E-state index in [2.05, 4.69) is 18.2 Å². The first-order chi connectivity index (χ1) is 15.4. The van der Waals surface area contributed by atoms with Gasteiger partial charge in [0.2, 0.25) is 15.9 Å². The van der Waals surface area contributed by atoms with E-state index < -0.39 is 15.8 Å². The van der Waals surface area contributed by atoms with Crippen molar-refractivity contribution in [3.05, 3.63) is 71.6 Å². The first kappa shape index (κ1) is 21.3. The van der Waals surface area contributed by atoms with E-state index in [-0.39, 0.29) is 48.5 Å². The van der Waals surface area contributed by atoms with Crippen LogP contribution in [-0.4, -0.2) is 60.4 Å². The number of aliphatic hydroxyl groups excluding tert-OH is 1. The predicted molar refractivity (Wildman–Crippen MR) is 118 cm³/mol. The number of amides is 1. The molecule has 3 atom stereocenters. The zero-order valence-electron chi connectivity index (χ0n) is 17.5. The van der Waals surface area contributed by atoms with Crippen LogP contribution in [0.25, 0.3) is 5.57 Å². The van der Waals surface area contributed by atoms with Crippen LogP contribution in [0.1, 0.15) is 36.3 Å². The summed E-state index contributed by atoms with van der Waals surface area (Å²) >= 11 is 0. The van der Waals surface area contributed by atoms with Gasteiger partial charge in [0.1, 0.15) is 5.82 Å². The highest BCUT2D eigenvalue weighted by molar-refractivity contribution is 7.89. The number of nitrogens with zero attached hydrogens (tertiary/aromatic N) is 2. The van der Waals surface area contributed by atoms with Crippen molar-refractivity contribution in [1.82, 2.24) is 9.21 Å². The Morgan fingerprint density at radius 2 is 1.91 bits per heavy atom. The van der Waals surface area contributed by atoms with E-state index in [1.807, 2.05) is 12.1 Å². The minimum absolute atomic E-state index is 0.110. The third kappa shape index (κ3) is 3.46. The molecule has 0 radical (unpaired) electrons. The Bertz CT molecular complexity index is 1180. The van der Waals surface area contributed by atoms with E-state index in [1.165, 1.54) is 35.8 Å². The van der Waals surface area contributed by atoms with Crippen LogP contribution in [-0.2, 0) is 14.8 Å². The maximum atomic E-state index is 13.6. The molecule has 1 aliphatic carbocycles. The van der Waals surface area contributed by atoms with Crippen LogP contribution in [0.15, 0.2) is 59.5 Å². The number of fused-ring (bicyclic) bond motifs is 1. The van der Waals surface area contributed by atoms with Crippen LogP contribution in [0.3, 0.4) is 0 Å². The lowest BCUT2D eigenvalue weighted by Gasteiger charge is -2.58. The molecule has 32 heavy (non-hydrogen) atoms. The molecule has 2 aromatic carbocycles. The van der Waals surface area contributed by atoms with Crippen molar-refractivity contribution in [3.63, 3.8) is 0 Å². The zero-order chi connectivity index (χ0) is 22.5. The molecule has 0 bridgehead atoms. The van der Waals surface area contributed by atoms with Gasteiger partial charge in [-0.2, -0.15) is 4.31 Å². The van der Waals surface area contributed by atoms with Crippen LogP contribution in [0.2, 0.25) is 0 Å². The zero-order valence-corrected chi connectivity index (χ0v) is 18.3. The molecule has 2 heterocycles. The number of halogens is 1. The van der Waals surface area contributed by atoms with Gasteiger partial charge in [0.15, 0.2) is 0 Å². The fourth-order valence-electron chi connectivity index (χ4n) is 5.28. The standard InChI is InChI=1S/C24H25FN2O4S/c25-19-6-3-7-20(12-19)32(30,31)26-13-21-24(22(15-28)27(21)23(29)14-26)18-10-8-17(9-11-18)16-4-1-2-5-16/h3-4,6-12,21-22,24,28H,1-2,5,13-15H2/t21-,22+,24-/m1/s1. The Hall–Kier alpha value is -2.55. The monoisotopic (exact) mass is 456 g/mol. The molecule has 2 aliphatic heterocycles. The lowest BCUT2D eigenvalue weighted by Crippen LogP contribution is -2.73. The number of benzene rings is 2. The SMILES string of the molecule is O=C1CN(S(=O)(=O)c2cccc(F)c2)C[C@@H]2[C@@H](c3ccc(C4=CCCC4)cc3)[C@H](CO)N12. The van der Waals surface area contributed by atoms with Crippen molar-refractivity contribution < 1.29 is 22.7 Å². The molecule has 0 unspecified atom stereocenters. The molecule has 168 valence electrons. The Balaban J connectivity index is 1.42. The number of hydrogen-bond donors (Lipinski definition) is 1. The second-order valence-corrected chi connectivity index (χ2v) is 10.6. The Morgan fingerprint density at radius 3 is 2.56 bits per heavy atom. The number of piperazine rings is 1.